The second-order valence-corrected chi connectivity index (χ2v) is 8.64. The summed E-state index contributed by atoms with van der Waals surface area (Å²) in [6.07, 6.45) is 6.55. The van der Waals surface area contributed by atoms with Crippen LogP contribution in [0.5, 0.6) is 0 Å². The Morgan fingerprint density at radius 2 is 2.04 bits per heavy atom. The van der Waals surface area contributed by atoms with E-state index < -0.39 is 5.41 Å². The molecular weight excluding hydrogens is 320 g/mol. The van der Waals surface area contributed by atoms with Crippen molar-refractivity contribution in [2.45, 2.75) is 52.4 Å². The molecule has 2 aliphatic carbocycles. The predicted octanol–water partition coefficient (Wildman–Crippen LogP) is 2.82. The SMILES string of the molecule is C[C@H]1C(=O)C[C@@]23COC(=O)C2=CCC[C@H]3[C@@]1(C)CCC1COC(=O)C1. The average molecular weight is 346 g/mol. The van der Waals surface area contributed by atoms with E-state index >= 15 is 0 Å². The molecule has 5 atom stereocenters. The van der Waals surface area contributed by atoms with Gasteiger partial charge in [0.05, 0.1) is 13.0 Å². The van der Waals surface area contributed by atoms with E-state index in [1.165, 1.54) is 0 Å². The van der Waals surface area contributed by atoms with E-state index in [1.807, 2.05) is 13.0 Å². The Bertz CT molecular complexity index is 665. The van der Waals surface area contributed by atoms with Gasteiger partial charge in [-0.2, -0.15) is 0 Å². The number of hydrogen-bond acceptors (Lipinski definition) is 5. The highest BCUT2D eigenvalue weighted by Crippen LogP contribution is 2.63. The van der Waals surface area contributed by atoms with Crippen LogP contribution in [-0.2, 0) is 23.9 Å². The van der Waals surface area contributed by atoms with E-state index in [9.17, 15) is 14.4 Å². The third kappa shape index (κ3) is 2.38. The van der Waals surface area contributed by atoms with Crippen LogP contribution in [0.4, 0.5) is 0 Å². The molecule has 0 aromatic heterocycles. The third-order valence-corrected chi connectivity index (χ3v) is 7.47. The fourth-order valence-electron chi connectivity index (χ4n) is 5.82. The van der Waals surface area contributed by atoms with Crippen LogP contribution in [0.15, 0.2) is 11.6 Å². The van der Waals surface area contributed by atoms with E-state index in [4.69, 9.17) is 9.47 Å². The number of allylic oxidation sites excluding steroid dienone is 1. The Balaban J connectivity index is 1.63. The molecule has 5 nitrogen and oxygen atoms in total. The molecule has 2 saturated heterocycles. The number of rotatable bonds is 3. The van der Waals surface area contributed by atoms with Crippen LogP contribution < -0.4 is 0 Å². The molecule has 0 radical (unpaired) electrons. The Labute approximate surface area is 148 Å². The van der Waals surface area contributed by atoms with Crippen molar-refractivity contribution in [3.8, 4) is 0 Å². The molecule has 0 bridgehead atoms. The molecule has 0 amide bonds. The summed E-state index contributed by atoms with van der Waals surface area (Å²) < 4.78 is 10.5. The molecule has 2 heterocycles. The summed E-state index contributed by atoms with van der Waals surface area (Å²) >= 11 is 0. The monoisotopic (exact) mass is 346 g/mol. The molecule has 136 valence electrons. The zero-order chi connectivity index (χ0) is 17.8. The molecule has 4 aliphatic rings. The van der Waals surface area contributed by atoms with Gasteiger partial charge in [-0.15, -0.1) is 0 Å². The van der Waals surface area contributed by atoms with Crippen molar-refractivity contribution in [3.05, 3.63) is 11.6 Å². The predicted molar refractivity (Wildman–Crippen MR) is 89.4 cm³/mol. The van der Waals surface area contributed by atoms with Crippen LogP contribution in [0.1, 0.15) is 52.4 Å². The highest BCUT2D eigenvalue weighted by Gasteiger charge is 2.63. The van der Waals surface area contributed by atoms with E-state index in [1.54, 1.807) is 0 Å². The molecule has 5 heteroatoms. The standard InChI is InChI=1S/C20H26O5/c1-12-15(21)9-20-11-25-18(23)14(20)4-3-5-16(20)19(12,2)7-6-13-8-17(22)24-10-13/h4,12-13,16H,3,5-11H2,1-2H3/t12-,13?,16-,19-,20+/m0/s1. The highest BCUT2D eigenvalue weighted by atomic mass is 16.5. The first-order chi connectivity index (χ1) is 11.9. The molecule has 0 N–H and O–H groups in total. The van der Waals surface area contributed by atoms with Gasteiger partial charge in [-0.3, -0.25) is 9.59 Å². The van der Waals surface area contributed by atoms with Gasteiger partial charge >= 0.3 is 11.9 Å². The van der Waals surface area contributed by atoms with Gasteiger partial charge in [-0.1, -0.05) is 19.9 Å². The fourth-order valence-corrected chi connectivity index (χ4v) is 5.82. The normalized spacial score (nSPS) is 43.2. The molecule has 0 aromatic rings. The van der Waals surface area contributed by atoms with Gasteiger partial charge < -0.3 is 9.47 Å². The summed E-state index contributed by atoms with van der Waals surface area (Å²) in [4.78, 5) is 36.5. The summed E-state index contributed by atoms with van der Waals surface area (Å²) in [5.41, 5.74) is 0.152. The lowest BCUT2D eigenvalue weighted by molar-refractivity contribution is -0.145. The first-order valence-corrected chi connectivity index (χ1v) is 9.43. The van der Waals surface area contributed by atoms with Gasteiger partial charge in [0, 0.05) is 29.2 Å². The maximum Gasteiger partial charge on any atom is 0.334 e. The number of Topliss-reactive ketones (excluding diaryl/α,β-unsaturated/α-hetero) is 1. The fraction of sp³-hybridized carbons (Fsp3) is 0.750. The number of ether oxygens (including phenoxy) is 2. The molecule has 0 aromatic carbocycles. The van der Waals surface area contributed by atoms with Crippen LogP contribution in [0.2, 0.25) is 0 Å². The maximum atomic E-state index is 12.9. The minimum atomic E-state index is -0.421. The summed E-state index contributed by atoms with van der Waals surface area (Å²) in [7, 11) is 0. The van der Waals surface area contributed by atoms with E-state index in [0.29, 0.717) is 26.1 Å². The Kier molecular flexibility index (Phi) is 3.82. The second-order valence-electron chi connectivity index (χ2n) is 8.64. The van der Waals surface area contributed by atoms with Gasteiger partial charge in [0.2, 0.25) is 0 Å². The van der Waals surface area contributed by atoms with Crippen LogP contribution in [0, 0.1) is 28.6 Å². The second kappa shape index (κ2) is 5.68. The van der Waals surface area contributed by atoms with Crippen molar-refractivity contribution in [1.29, 1.82) is 0 Å². The minimum Gasteiger partial charge on any atom is -0.465 e. The largest absolute Gasteiger partial charge is 0.465 e. The highest BCUT2D eigenvalue weighted by molar-refractivity contribution is 5.95. The number of ketones is 1. The smallest absolute Gasteiger partial charge is 0.334 e. The Morgan fingerprint density at radius 1 is 1.24 bits per heavy atom. The van der Waals surface area contributed by atoms with Gasteiger partial charge in [0.15, 0.2) is 0 Å². The summed E-state index contributed by atoms with van der Waals surface area (Å²) in [5.74, 6) is 0.391. The number of cyclic esters (lactones) is 2. The summed E-state index contributed by atoms with van der Waals surface area (Å²) in [6, 6.07) is 0. The van der Waals surface area contributed by atoms with Gasteiger partial charge in [0.25, 0.3) is 0 Å². The van der Waals surface area contributed by atoms with Crippen molar-refractivity contribution in [1.82, 2.24) is 0 Å². The molecule has 1 unspecified atom stereocenters. The molecular formula is C20H26O5. The van der Waals surface area contributed by atoms with Crippen molar-refractivity contribution in [2.24, 2.45) is 28.6 Å². The van der Waals surface area contributed by atoms with Crippen molar-refractivity contribution >= 4 is 17.7 Å². The van der Waals surface area contributed by atoms with Gasteiger partial charge in [-0.05, 0) is 37.0 Å². The summed E-state index contributed by atoms with van der Waals surface area (Å²) in [5, 5.41) is 0. The van der Waals surface area contributed by atoms with Gasteiger partial charge in [-0.25, -0.2) is 4.79 Å². The van der Waals surface area contributed by atoms with Crippen LogP contribution in [-0.4, -0.2) is 30.9 Å². The van der Waals surface area contributed by atoms with Crippen molar-refractivity contribution in [3.63, 3.8) is 0 Å². The summed E-state index contributed by atoms with van der Waals surface area (Å²) in [6.45, 7) is 5.10. The van der Waals surface area contributed by atoms with E-state index in [-0.39, 0.29) is 40.9 Å². The molecule has 1 saturated carbocycles. The molecule has 4 rings (SSSR count). The zero-order valence-corrected chi connectivity index (χ0v) is 15.0. The Hall–Kier alpha value is -1.65. The van der Waals surface area contributed by atoms with Gasteiger partial charge in [0.1, 0.15) is 12.4 Å². The molecule has 3 fully saturated rings. The topological polar surface area (TPSA) is 69.7 Å². The number of esters is 2. The Morgan fingerprint density at radius 3 is 2.76 bits per heavy atom. The molecule has 2 aliphatic heterocycles. The minimum absolute atomic E-state index is 0.0313. The third-order valence-electron chi connectivity index (χ3n) is 7.47. The average Bonchev–Trinajstić information content (AvgIpc) is 3.15. The maximum absolute atomic E-state index is 12.9. The number of hydrogen-bond donors (Lipinski definition) is 0. The lowest BCUT2D eigenvalue weighted by Gasteiger charge is -2.55. The van der Waals surface area contributed by atoms with Crippen molar-refractivity contribution < 1.29 is 23.9 Å². The van der Waals surface area contributed by atoms with Crippen molar-refractivity contribution in [2.75, 3.05) is 13.2 Å². The van der Waals surface area contributed by atoms with Crippen LogP contribution >= 0.6 is 0 Å². The number of carbonyl (C=O) groups is 3. The van der Waals surface area contributed by atoms with Crippen LogP contribution in [0.25, 0.3) is 0 Å². The quantitative estimate of drug-likeness (QED) is 0.735. The molecule has 1 spiro atoms. The van der Waals surface area contributed by atoms with Crippen LogP contribution in [0.3, 0.4) is 0 Å². The van der Waals surface area contributed by atoms with E-state index in [2.05, 4.69) is 6.92 Å². The molecule has 25 heavy (non-hydrogen) atoms. The number of carbonyl (C=O) groups excluding carboxylic acids is 3. The van der Waals surface area contributed by atoms with E-state index in [0.717, 1.165) is 31.3 Å². The zero-order valence-electron chi connectivity index (χ0n) is 15.0. The lowest BCUT2D eigenvalue weighted by Crippen LogP contribution is -2.55. The lowest BCUT2D eigenvalue weighted by atomic mass is 9.46. The first-order valence-electron chi connectivity index (χ1n) is 9.43. The first kappa shape index (κ1) is 16.8.